The minimum absolute atomic E-state index is 0.0466. The van der Waals surface area contributed by atoms with Crippen LogP contribution in [0.2, 0.25) is 0 Å². The van der Waals surface area contributed by atoms with Gasteiger partial charge >= 0.3 is 0 Å². The summed E-state index contributed by atoms with van der Waals surface area (Å²) < 4.78 is 59.2. The van der Waals surface area contributed by atoms with Gasteiger partial charge in [-0.05, 0) is 42.3 Å². The predicted octanol–water partition coefficient (Wildman–Crippen LogP) is 2.92. The lowest BCUT2D eigenvalue weighted by molar-refractivity contribution is -0.118. The molecule has 0 saturated carbocycles. The number of amides is 1. The van der Waals surface area contributed by atoms with Gasteiger partial charge in [-0.15, -0.1) is 0 Å². The van der Waals surface area contributed by atoms with Crippen molar-refractivity contribution < 1.29 is 26.7 Å². The zero-order valence-corrected chi connectivity index (χ0v) is 15.8. The molecule has 0 aromatic heterocycles. The number of nitrogens with one attached hydrogen (secondary N) is 2. The molecule has 0 radical (unpaired) electrons. The van der Waals surface area contributed by atoms with Crippen molar-refractivity contribution in [2.24, 2.45) is 5.92 Å². The van der Waals surface area contributed by atoms with Crippen LogP contribution in [0.4, 0.5) is 14.5 Å². The quantitative estimate of drug-likeness (QED) is 0.751. The van der Waals surface area contributed by atoms with Gasteiger partial charge in [0.2, 0.25) is 15.9 Å². The number of rotatable bonds is 7. The number of halogens is 2. The second-order valence-electron chi connectivity index (χ2n) is 6.13. The van der Waals surface area contributed by atoms with E-state index in [9.17, 15) is 22.0 Å². The van der Waals surface area contributed by atoms with Crippen molar-refractivity contribution in [2.45, 2.75) is 24.8 Å². The SMILES string of the molecule is COc1ccc(S(=O)(=O)NC(C(=O)Nc2ccc(F)cc2F)C(C)C)cc1. The molecule has 0 aliphatic rings. The maximum absolute atomic E-state index is 13.7. The Labute approximate surface area is 156 Å². The van der Waals surface area contributed by atoms with Crippen LogP contribution in [0.1, 0.15) is 13.8 Å². The van der Waals surface area contributed by atoms with E-state index in [1.165, 1.54) is 31.4 Å². The number of sulfonamides is 1. The molecule has 0 bridgehead atoms. The molecule has 27 heavy (non-hydrogen) atoms. The largest absolute Gasteiger partial charge is 0.497 e. The van der Waals surface area contributed by atoms with Crippen LogP contribution in [0, 0.1) is 17.6 Å². The maximum Gasteiger partial charge on any atom is 0.242 e. The van der Waals surface area contributed by atoms with Gasteiger partial charge in [0.1, 0.15) is 23.4 Å². The predicted molar refractivity (Wildman–Crippen MR) is 96.9 cm³/mol. The van der Waals surface area contributed by atoms with E-state index in [0.717, 1.165) is 12.1 Å². The Morgan fingerprint density at radius 2 is 1.70 bits per heavy atom. The highest BCUT2D eigenvalue weighted by Gasteiger charge is 2.29. The van der Waals surface area contributed by atoms with E-state index in [4.69, 9.17) is 4.74 Å². The van der Waals surface area contributed by atoms with Crippen molar-refractivity contribution in [2.75, 3.05) is 12.4 Å². The van der Waals surface area contributed by atoms with Gasteiger partial charge in [0.15, 0.2) is 0 Å². The van der Waals surface area contributed by atoms with Crippen molar-refractivity contribution in [3.05, 3.63) is 54.1 Å². The number of ether oxygens (including phenoxy) is 1. The lowest BCUT2D eigenvalue weighted by Crippen LogP contribution is -2.47. The molecular weight excluding hydrogens is 378 g/mol. The van der Waals surface area contributed by atoms with Crippen LogP contribution >= 0.6 is 0 Å². The second-order valence-corrected chi connectivity index (χ2v) is 7.85. The summed E-state index contributed by atoms with van der Waals surface area (Å²) in [6.07, 6.45) is 0. The highest BCUT2D eigenvalue weighted by atomic mass is 32.2. The Morgan fingerprint density at radius 1 is 1.07 bits per heavy atom. The number of methoxy groups -OCH3 is 1. The Bertz CT molecular complexity index is 915. The molecule has 146 valence electrons. The van der Waals surface area contributed by atoms with E-state index < -0.39 is 39.5 Å². The molecule has 0 aliphatic carbocycles. The molecule has 1 atom stereocenters. The fraction of sp³-hybridized carbons (Fsp3) is 0.278. The highest BCUT2D eigenvalue weighted by molar-refractivity contribution is 7.89. The van der Waals surface area contributed by atoms with Gasteiger partial charge in [-0.1, -0.05) is 13.8 Å². The molecule has 1 amide bonds. The summed E-state index contributed by atoms with van der Waals surface area (Å²) in [5.74, 6) is -2.44. The summed E-state index contributed by atoms with van der Waals surface area (Å²) in [7, 11) is -2.55. The van der Waals surface area contributed by atoms with Gasteiger partial charge < -0.3 is 10.1 Å². The van der Waals surface area contributed by atoms with Crippen molar-refractivity contribution >= 4 is 21.6 Å². The van der Waals surface area contributed by atoms with Crippen LogP contribution in [0.15, 0.2) is 47.4 Å². The summed E-state index contributed by atoms with van der Waals surface area (Å²) in [5.41, 5.74) is -0.240. The first-order valence-corrected chi connectivity index (χ1v) is 9.54. The van der Waals surface area contributed by atoms with Crippen LogP contribution < -0.4 is 14.8 Å². The highest BCUT2D eigenvalue weighted by Crippen LogP contribution is 2.19. The minimum Gasteiger partial charge on any atom is -0.497 e. The molecule has 0 aliphatic heterocycles. The van der Waals surface area contributed by atoms with Crippen LogP contribution in [0.5, 0.6) is 5.75 Å². The van der Waals surface area contributed by atoms with Crippen LogP contribution in [-0.4, -0.2) is 27.5 Å². The van der Waals surface area contributed by atoms with Crippen molar-refractivity contribution in [3.8, 4) is 5.75 Å². The van der Waals surface area contributed by atoms with Crippen LogP contribution in [-0.2, 0) is 14.8 Å². The molecule has 2 N–H and O–H groups in total. The van der Waals surface area contributed by atoms with Gasteiger partial charge in [-0.2, -0.15) is 4.72 Å². The zero-order valence-electron chi connectivity index (χ0n) is 15.0. The summed E-state index contributed by atoms with van der Waals surface area (Å²) >= 11 is 0. The molecule has 1 unspecified atom stereocenters. The average Bonchev–Trinajstić information content (AvgIpc) is 2.61. The lowest BCUT2D eigenvalue weighted by atomic mass is 10.0. The topological polar surface area (TPSA) is 84.5 Å². The number of carbonyl (C=O) groups excluding carboxylic acids is 1. The van der Waals surface area contributed by atoms with Crippen LogP contribution in [0.25, 0.3) is 0 Å². The monoisotopic (exact) mass is 398 g/mol. The van der Waals surface area contributed by atoms with E-state index >= 15 is 0 Å². The third-order valence-corrected chi connectivity index (χ3v) is 5.25. The van der Waals surface area contributed by atoms with Crippen LogP contribution in [0.3, 0.4) is 0 Å². The van der Waals surface area contributed by atoms with Gasteiger partial charge in [-0.3, -0.25) is 4.79 Å². The zero-order chi connectivity index (χ0) is 20.2. The Hall–Kier alpha value is -2.52. The third-order valence-electron chi connectivity index (χ3n) is 3.79. The Kier molecular flexibility index (Phi) is 6.50. The molecule has 2 rings (SSSR count). The van der Waals surface area contributed by atoms with Crippen molar-refractivity contribution in [1.82, 2.24) is 4.72 Å². The van der Waals surface area contributed by atoms with E-state index in [1.54, 1.807) is 13.8 Å². The molecular formula is C18H20F2N2O4S. The Morgan fingerprint density at radius 3 is 2.22 bits per heavy atom. The van der Waals surface area contributed by atoms with E-state index in [-0.39, 0.29) is 10.6 Å². The standard InChI is InChI=1S/C18H20F2N2O4S/c1-11(2)17(18(23)21-16-9-4-12(19)10-15(16)20)22-27(24,25)14-7-5-13(26-3)6-8-14/h4-11,17,22H,1-3H3,(H,21,23). The first kappa shape index (κ1) is 20.8. The lowest BCUT2D eigenvalue weighted by Gasteiger charge is -2.22. The summed E-state index contributed by atoms with van der Waals surface area (Å²) in [4.78, 5) is 12.4. The molecule has 2 aromatic rings. The molecule has 0 heterocycles. The first-order valence-electron chi connectivity index (χ1n) is 8.06. The van der Waals surface area contributed by atoms with Crippen molar-refractivity contribution in [3.63, 3.8) is 0 Å². The van der Waals surface area contributed by atoms with Gasteiger partial charge in [0.05, 0.1) is 17.7 Å². The first-order chi connectivity index (χ1) is 12.6. The number of hydrogen-bond acceptors (Lipinski definition) is 4. The summed E-state index contributed by atoms with van der Waals surface area (Å²) in [5, 5.41) is 2.28. The van der Waals surface area contributed by atoms with Gasteiger partial charge in [0, 0.05) is 6.07 Å². The fourth-order valence-corrected chi connectivity index (χ4v) is 3.63. The summed E-state index contributed by atoms with van der Waals surface area (Å²) in [6, 6.07) is 7.16. The number of anilines is 1. The Balaban J connectivity index is 2.21. The van der Waals surface area contributed by atoms with E-state index in [2.05, 4.69) is 10.0 Å². The second kappa shape index (κ2) is 8.45. The number of hydrogen-bond donors (Lipinski definition) is 2. The van der Waals surface area contributed by atoms with E-state index in [1.807, 2.05) is 0 Å². The number of carbonyl (C=O) groups is 1. The van der Waals surface area contributed by atoms with Gasteiger partial charge in [0.25, 0.3) is 0 Å². The molecule has 0 saturated heterocycles. The normalized spacial score (nSPS) is 12.7. The van der Waals surface area contributed by atoms with Crippen molar-refractivity contribution in [1.29, 1.82) is 0 Å². The van der Waals surface area contributed by atoms with Gasteiger partial charge in [-0.25, -0.2) is 17.2 Å². The molecule has 9 heteroatoms. The van der Waals surface area contributed by atoms with E-state index in [0.29, 0.717) is 11.8 Å². The third kappa shape index (κ3) is 5.24. The maximum atomic E-state index is 13.7. The molecule has 0 spiro atoms. The molecule has 2 aromatic carbocycles. The fourth-order valence-electron chi connectivity index (χ4n) is 2.28. The summed E-state index contributed by atoms with van der Waals surface area (Å²) in [6.45, 7) is 3.28. The average molecular weight is 398 g/mol. The smallest absolute Gasteiger partial charge is 0.242 e. The number of benzene rings is 2. The molecule has 0 fully saturated rings. The molecule has 6 nitrogen and oxygen atoms in total. The minimum atomic E-state index is -4.00.